The number of halogens is 2. The Morgan fingerprint density at radius 3 is 2.32 bits per heavy atom. The molecule has 3 aliphatic heterocycles. The Hall–Kier alpha value is -2.64. The van der Waals surface area contributed by atoms with Gasteiger partial charge in [0.2, 0.25) is 17.7 Å². The summed E-state index contributed by atoms with van der Waals surface area (Å²) in [6, 6.07) is 4.73. The molecule has 0 spiro atoms. The van der Waals surface area contributed by atoms with E-state index < -0.39 is 28.1 Å². The van der Waals surface area contributed by atoms with Gasteiger partial charge in [-0.3, -0.25) is 14.4 Å². The second-order valence-electron chi connectivity index (χ2n) is 10.4. The van der Waals surface area contributed by atoms with Crippen molar-refractivity contribution in [3.05, 3.63) is 35.4 Å². The van der Waals surface area contributed by atoms with Gasteiger partial charge in [0.25, 0.3) is 16.1 Å². The summed E-state index contributed by atoms with van der Waals surface area (Å²) in [5, 5.41) is 2.80. The number of piperidine rings is 1. The van der Waals surface area contributed by atoms with Crippen LogP contribution >= 0.6 is 0 Å². The first-order chi connectivity index (χ1) is 17.8. The third kappa shape index (κ3) is 6.49. The van der Waals surface area contributed by atoms with E-state index in [2.05, 4.69) is 10.0 Å². The highest BCUT2D eigenvalue weighted by atomic mass is 32.2. The Kier molecular flexibility index (Phi) is 8.38. The molecule has 3 aliphatic rings. The molecule has 0 aromatic heterocycles. The smallest absolute Gasteiger partial charge is 0.279 e. The second kappa shape index (κ2) is 11.2. The van der Waals surface area contributed by atoms with E-state index in [1.807, 2.05) is 0 Å². The number of benzene rings is 1. The Morgan fingerprint density at radius 1 is 1.03 bits per heavy atom. The number of amides is 3. The lowest BCUT2D eigenvalue weighted by atomic mass is 9.97. The third-order valence-corrected chi connectivity index (χ3v) is 9.12. The van der Waals surface area contributed by atoms with E-state index in [1.165, 1.54) is 35.5 Å². The summed E-state index contributed by atoms with van der Waals surface area (Å²) in [6.45, 7) is 3.81. The van der Waals surface area contributed by atoms with Gasteiger partial charge in [0, 0.05) is 58.7 Å². The summed E-state index contributed by atoms with van der Waals surface area (Å²) in [5.41, 5.74) is 0.561. The lowest BCUT2D eigenvalue weighted by Crippen LogP contribution is -2.63. The van der Waals surface area contributed by atoms with Crippen LogP contribution < -0.4 is 10.0 Å². The first-order valence-electron chi connectivity index (χ1n) is 12.9. The minimum atomic E-state index is -3.82. The van der Waals surface area contributed by atoms with Crippen LogP contribution in [0.2, 0.25) is 0 Å². The first kappa shape index (κ1) is 28.4. The number of carbonyl (C=O) groups excluding carboxylic acids is 3. The van der Waals surface area contributed by atoms with Gasteiger partial charge in [0.15, 0.2) is 0 Å². The molecule has 210 valence electrons. The van der Waals surface area contributed by atoms with Crippen molar-refractivity contribution in [3.63, 3.8) is 0 Å². The van der Waals surface area contributed by atoms with Gasteiger partial charge in [-0.1, -0.05) is 24.3 Å². The maximum atomic E-state index is 13.4. The van der Waals surface area contributed by atoms with Gasteiger partial charge in [-0.2, -0.15) is 17.4 Å². The predicted octanol–water partition coefficient (Wildman–Crippen LogP) is 1.18. The largest absolute Gasteiger partial charge is 0.350 e. The van der Waals surface area contributed by atoms with Crippen LogP contribution in [0, 0.1) is 5.92 Å². The normalized spacial score (nSPS) is 23.3. The summed E-state index contributed by atoms with van der Waals surface area (Å²) in [5.74, 6) is -4.14. The van der Waals surface area contributed by atoms with E-state index in [4.69, 9.17) is 0 Å². The zero-order valence-electron chi connectivity index (χ0n) is 21.7. The number of hydrogen-bond donors (Lipinski definition) is 2. The van der Waals surface area contributed by atoms with Crippen molar-refractivity contribution >= 4 is 27.9 Å². The van der Waals surface area contributed by atoms with Crippen molar-refractivity contribution in [2.75, 3.05) is 32.7 Å². The fourth-order valence-corrected chi connectivity index (χ4v) is 6.68. The van der Waals surface area contributed by atoms with E-state index in [9.17, 15) is 31.6 Å². The van der Waals surface area contributed by atoms with Crippen LogP contribution in [-0.4, -0.2) is 85.1 Å². The second-order valence-corrected chi connectivity index (χ2v) is 12.1. The van der Waals surface area contributed by atoms with E-state index in [0.29, 0.717) is 57.4 Å². The van der Waals surface area contributed by atoms with Crippen LogP contribution in [0.3, 0.4) is 0 Å². The maximum absolute atomic E-state index is 13.4. The average molecular weight is 556 g/mol. The fourth-order valence-electron chi connectivity index (χ4n) is 5.22. The zero-order valence-corrected chi connectivity index (χ0v) is 22.5. The van der Waals surface area contributed by atoms with Gasteiger partial charge in [-0.15, -0.1) is 0 Å². The van der Waals surface area contributed by atoms with Crippen molar-refractivity contribution in [1.29, 1.82) is 0 Å². The molecule has 4 rings (SSSR count). The van der Waals surface area contributed by atoms with E-state index in [0.717, 1.165) is 6.92 Å². The van der Waals surface area contributed by atoms with Gasteiger partial charge in [0.05, 0.1) is 12.0 Å². The van der Waals surface area contributed by atoms with Crippen LogP contribution in [0.15, 0.2) is 24.3 Å². The number of carbonyl (C=O) groups is 3. The molecule has 0 radical (unpaired) electrons. The molecule has 0 saturated carbocycles. The lowest BCUT2D eigenvalue weighted by molar-refractivity contribution is -0.142. The summed E-state index contributed by atoms with van der Waals surface area (Å²) in [4.78, 5) is 40.8. The van der Waals surface area contributed by atoms with Crippen molar-refractivity contribution in [2.45, 2.75) is 64.1 Å². The molecule has 2 N–H and O–H groups in total. The molecule has 0 aliphatic carbocycles. The molecule has 3 heterocycles. The Labute approximate surface area is 221 Å². The first-order valence-corrected chi connectivity index (χ1v) is 14.4. The SMILES string of the molecule is CC(=O)N1CC(NS(=O)(=O)N2CCC[C@H](C(=O)N3CCC[C@@H]3C(=O)NCc3ccc(C(C)(F)F)cc3)C2)C1. The van der Waals surface area contributed by atoms with Gasteiger partial charge < -0.3 is 15.1 Å². The quantitative estimate of drug-likeness (QED) is 0.500. The minimum Gasteiger partial charge on any atom is -0.350 e. The van der Waals surface area contributed by atoms with Crippen molar-refractivity contribution in [1.82, 2.24) is 24.1 Å². The van der Waals surface area contributed by atoms with Crippen LogP contribution in [-0.2, 0) is 37.1 Å². The Balaban J connectivity index is 1.31. The highest BCUT2D eigenvalue weighted by Crippen LogP contribution is 2.28. The lowest BCUT2D eigenvalue weighted by Gasteiger charge is -2.40. The molecule has 3 saturated heterocycles. The summed E-state index contributed by atoms with van der Waals surface area (Å²) < 4.78 is 56.6. The van der Waals surface area contributed by atoms with Gasteiger partial charge >= 0.3 is 0 Å². The number of hydrogen-bond acceptors (Lipinski definition) is 5. The fraction of sp³-hybridized carbons (Fsp3) is 0.640. The molecule has 2 atom stereocenters. The molecular formula is C25H35F2N5O5S. The molecule has 38 heavy (non-hydrogen) atoms. The van der Waals surface area contributed by atoms with E-state index in [1.54, 1.807) is 9.80 Å². The minimum absolute atomic E-state index is 0.0383. The van der Waals surface area contributed by atoms with Crippen molar-refractivity contribution < 1.29 is 31.6 Å². The Bertz CT molecular complexity index is 1150. The van der Waals surface area contributed by atoms with Gasteiger partial charge in [-0.25, -0.2) is 8.78 Å². The third-order valence-electron chi connectivity index (χ3n) is 7.48. The number of rotatable bonds is 8. The van der Waals surface area contributed by atoms with Crippen molar-refractivity contribution in [3.8, 4) is 0 Å². The Morgan fingerprint density at radius 2 is 1.68 bits per heavy atom. The highest BCUT2D eigenvalue weighted by molar-refractivity contribution is 7.87. The molecule has 1 aromatic carbocycles. The molecule has 10 nitrogen and oxygen atoms in total. The van der Waals surface area contributed by atoms with Crippen LogP contribution in [0.25, 0.3) is 0 Å². The molecular weight excluding hydrogens is 520 g/mol. The molecule has 0 bridgehead atoms. The number of alkyl halides is 2. The van der Waals surface area contributed by atoms with Gasteiger partial charge in [0.1, 0.15) is 6.04 Å². The molecule has 13 heteroatoms. The van der Waals surface area contributed by atoms with E-state index >= 15 is 0 Å². The summed E-state index contributed by atoms with van der Waals surface area (Å²) in [6.07, 6.45) is 2.22. The van der Waals surface area contributed by atoms with Crippen LogP contribution in [0.1, 0.15) is 50.7 Å². The zero-order chi connectivity index (χ0) is 27.7. The number of nitrogens with zero attached hydrogens (tertiary/aromatic N) is 3. The topological polar surface area (TPSA) is 119 Å². The number of likely N-dealkylation sites (tertiary alicyclic amines) is 2. The van der Waals surface area contributed by atoms with E-state index in [-0.39, 0.29) is 42.4 Å². The summed E-state index contributed by atoms with van der Waals surface area (Å²) >= 11 is 0. The van der Waals surface area contributed by atoms with Gasteiger partial charge in [-0.05, 0) is 31.2 Å². The van der Waals surface area contributed by atoms with Crippen molar-refractivity contribution in [2.24, 2.45) is 5.92 Å². The molecule has 1 aromatic rings. The molecule has 0 unspecified atom stereocenters. The predicted molar refractivity (Wildman–Crippen MR) is 135 cm³/mol. The van der Waals surface area contributed by atoms with Crippen LogP contribution in [0.5, 0.6) is 0 Å². The summed E-state index contributed by atoms with van der Waals surface area (Å²) in [7, 11) is -3.82. The number of nitrogens with one attached hydrogen (secondary N) is 2. The average Bonchev–Trinajstić information content (AvgIpc) is 3.34. The monoisotopic (exact) mass is 555 g/mol. The van der Waals surface area contributed by atoms with Crippen LogP contribution in [0.4, 0.5) is 8.78 Å². The molecule has 3 amide bonds. The highest BCUT2D eigenvalue weighted by Gasteiger charge is 2.41. The standard InChI is InChI=1S/C25H35F2N5O5S/c1-17(33)30-15-21(16-30)29-38(36,37)31-11-3-5-19(14-31)24(35)32-12-4-6-22(32)23(34)28-13-18-7-9-20(10-8-18)25(2,26)27/h7-10,19,21-22,29H,3-6,11-16H2,1-2H3,(H,28,34)/t19-,22+/m0/s1. The molecule has 3 fully saturated rings. The maximum Gasteiger partial charge on any atom is 0.279 e.